The number of amides is 5. The Morgan fingerprint density at radius 1 is 1.04 bits per heavy atom. The maximum absolute atomic E-state index is 14.4. The number of carbonyl (C=O) groups excluding carboxylic acids is 5. The Bertz CT molecular complexity index is 1710. The van der Waals surface area contributed by atoms with Gasteiger partial charge in [0.2, 0.25) is 17.7 Å². The molecule has 1 saturated heterocycles. The zero-order chi connectivity index (χ0) is 38.2. The summed E-state index contributed by atoms with van der Waals surface area (Å²) < 4.78 is 27.7. The minimum absolute atomic E-state index is 0.0201. The average molecular weight is 726 g/mol. The zero-order valence-corrected chi connectivity index (χ0v) is 31.4. The number of nitrogens with zero attached hydrogens (tertiary/aromatic N) is 2. The lowest BCUT2D eigenvalue weighted by molar-refractivity contribution is -0.143. The van der Waals surface area contributed by atoms with Crippen molar-refractivity contribution in [3.05, 3.63) is 30.5 Å². The molecular weight excluding hydrogens is 674 g/mol. The van der Waals surface area contributed by atoms with Gasteiger partial charge in [-0.2, -0.15) is 0 Å². The van der Waals surface area contributed by atoms with Gasteiger partial charge < -0.3 is 39.2 Å². The Morgan fingerprint density at radius 3 is 2.33 bits per heavy atom. The zero-order valence-electron chi connectivity index (χ0n) is 31.4. The van der Waals surface area contributed by atoms with Crippen LogP contribution in [0.25, 0.3) is 10.8 Å². The van der Waals surface area contributed by atoms with Gasteiger partial charge in [-0.15, -0.1) is 0 Å². The summed E-state index contributed by atoms with van der Waals surface area (Å²) in [7, 11) is 1.57. The Morgan fingerprint density at radius 2 is 1.73 bits per heavy atom. The largest absolute Gasteiger partial charge is 0.497 e. The first-order chi connectivity index (χ1) is 24.2. The first-order valence-electron chi connectivity index (χ1n) is 17.6. The fraction of sp³-hybridized carbons (Fsp3) is 0.622. The van der Waals surface area contributed by atoms with Gasteiger partial charge in [0, 0.05) is 18.0 Å². The Kier molecular flexibility index (Phi) is 10.7. The van der Waals surface area contributed by atoms with Gasteiger partial charge in [-0.05, 0) is 87.9 Å². The van der Waals surface area contributed by atoms with Crippen LogP contribution in [0, 0.1) is 11.3 Å². The molecule has 2 saturated carbocycles. The van der Waals surface area contributed by atoms with E-state index in [2.05, 4.69) is 20.9 Å². The van der Waals surface area contributed by atoms with E-state index < -0.39 is 64.7 Å². The monoisotopic (exact) mass is 725 g/mol. The van der Waals surface area contributed by atoms with Crippen LogP contribution in [0.2, 0.25) is 0 Å². The lowest BCUT2D eigenvalue weighted by Crippen LogP contribution is -2.60. The predicted molar refractivity (Wildman–Crippen MR) is 188 cm³/mol. The summed E-state index contributed by atoms with van der Waals surface area (Å²) in [6.07, 6.45) is 1.17. The van der Waals surface area contributed by atoms with Gasteiger partial charge in [0.05, 0.1) is 19.3 Å². The predicted octanol–water partition coefficient (Wildman–Crippen LogP) is 4.21. The topological polar surface area (TPSA) is 184 Å². The molecule has 0 spiro atoms. The number of ether oxygens (including phenoxy) is 5. The van der Waals surface area contributed by atoms with Crippen molar-refractivity contribution in [2.24, 2.45) is 11.3 Å². The number of alkyl carbamates (subject to hydrolysis) is 2. The Labute approximate surface area is 303 Å². The summed E-state index contributed by atoms with van der Waals surface area (Å²) in [5.74, 6) is -1.21. The van der Waals surface area contributed by atoms with Crippen LogP contribution in [0.5, 0.6) is 11.6 Å². The number of methoxy groups -OCH3 is 1. The van der Waals surface area contributed by atoms with Crippen molar-refractivity contribution in [2.45, 2.75) is 116 Å². The number of rotatable bonds is 11. The maximum atomic E-state index is 14.4. The Balaban J connectivity index is 1.37. The van der Waals surface area contributed by atoms with Crippen LogP contribution in [0.1, 0.15) is 81.1 Å². The van der Waals surface area contributed by atoms with Gasteiger partial charge in [0.1, 0.15) is 35.1 Å². The summed E-state index contributed by atoms with van der Waals surface area (Å²) in [4.78, 5) is 73.2. The molecule has 3 aliphatic rings. The molecule has 2 heterocycles. The Hall–Kier alpha value is -4.66. The van der Waals surface area contributed by atoms with E-state index in [1.807, 2.05) is 25.1 Å². The van der Waals surface area contributed by atoms with Gasteiger partial charge in [-0.3, -0.25) is 19.7 Å². The lowest BCUT2D eigenvalue weighted by Gasteiger charge is -2.36. The number of aromatic nitrogens is 1. The van der Waals surface area contributed by atoms with Crippen LogP contribution in [0.4, 0.5) is 9.59 Å². The van der Waals surface area contributed by atoms with Crippen molar-refractivity contribution in [1.29, 1.82) is 0 Å². The van der Waals surface area contributed by atoms with E-state index in [9.17, 15) is 24.0 Å². The van der Waals surface area contributed by atoms with Crippen LogP contribution in [-0.2, 0) is 28.6 Å². The molecule has 5 rings (SSSR count). The van der Waals surface area contributed by atoms with Crippen molar-refractivity contribution in [1.82, 2.24) is 25.8 Å². The fourth-order valence-corrected chi connectivity index (χ4v) is 6.18. The molecule has 3 fully saturated rings. The molecule has 1 aliphatic heterocycles. The standard InChI is InChI=1S/C37H51N5O10/c1-21-18-37(21,31(45)40-32(46)49-20-50-36(8)13-14-36)41-28(43)26-17-24(51-29-25-11-10-23(48-9)16-22(25)12-15-38-29)19-42(26)30(44)27(34(2,3)4)39-33(47)52-35(5,6)7/h10-12,15-16,21,24,26-27H,13-14,17-20H2,1-9H3,(H,39,47)(H,41,43)(H,40,45,46)/t21-,24-,26?,27-,37-/m1/s1. The summed E-state index contributed by atoms with van der Waals surface area (Å²) in [5, 5.41) is 9.29. The van der Waals surface area contributed by atoms with E-state index in [0.717, 1.165) is 18.2 Å². The van der Waals surface area contributed by atoms with Crippen molar-refractivity contribution >= 4 is 40.7 Å². The number of fused-ring (bicyclic) bond motifs is 1. The molecule has 1 unspecified atom stereocenters. The number of benzene rings is 1. The molecule has 52 heavy (non-hydrogen) atoms. The minimum atomic E-state index is -1.40. The highest BCUT2D eigenvalue weighted by atomic mass is 16.7. The normalized spacial score (nSPS) is 23.9. The molecule has 2 aliphatic carbocycles. The van der Waals surface area contributed by atoms with E-state index in [-0.39, 0.29) is 37.7 Å². The molecule has 0 bridgehead atoms. The summed E-state index contributed by atoms with van der Waals surface area (Å²) in [5.41, 5.74) is -3.33. The first-order valence-corrected chi connectivity index (χ1v) is 17.6. The third kappa shape index (κ3) is 9.03. The second-order valence-electron chi connectivity index (χ2n) is 16.3. The van der Waals surface area contributed by atoms with E-state index in [0.29, 0.717) is 17.0 Å². The number of hydrogen-bond acceptors (Lipinski definition) is 11. The van der Waals surface area contributed by atoms with Crippen LogP contribution in [0.3, 0.4) is 0 Å². The quantitative estimate of drug-likeness (QED) is 0.282. The minimum Gasteiger partial charge on any atom is -0.497 e. The molecular formula is C37H51N5O10. The van der Waals surface area contributed by atoms with E-state index >= 15 is 0 Å². The molecule has 5 atom stereocenters. The molecule has 15 nitrogen and oxygen atoms in total. The average Bonchev–Trinajstić information content (AvgIpc) is 3.89. The van der Waals surface area contributed by atoms with Gasteiger partial charge in [-0.1, -0.05) is 27.7 Å². The maximum Gasteiger partial charge on any atom is 0.416 e. The highest BCUT2D eigenvalue weighted by molar-refractivity contribution is 6.03. The number of likely N-dealkylation sites (tertiary alicyclic amines) is 1. The van der Waals surface area contributed by atoms with Crippen molar-refractivity contribution in [3.63, 3.8) is 0 Å². The van der Waals surface area contributed by atoms with Crippen LogP contribution >= 0.6 is 0 Å². The highest BCUT2D eigenvalue weighted by Gasteiger charge is 2.60. The third-order valence-corrected chi connectivity index (χ3v) is 9.66. The lowest BCUT2D eigenvalue weighted by atomic mass is 9.85. The molecule has 1 aromatic carbocycles. The van der Waals surface area contributed by atoms with E-state index in [1.54, 1.807) is 67.8 Å². The molecule has 3 N–H and O–H groups in total. The summed E-state index contributed by atoms with van der Waals surface area (Å²) in [6, 6.07) is 5.07. The van der Waals surface area contributed by atoms with Gasteiger partial charge in [0.15, 0.2) is 6.79 Å². The molecule has 0 radical (unpaired) electrons. The van der Waals surface area contributed by atoms with Crippen LogP contribution < -0.4 is 25.4 Å². The van der Waals surface area contributed by atoms with Crippen molar-refractivity contribution < 1.29 is 47.7 Å². The fourth-order valence-electron chi connectivity index (χ4n) is 6.18. The van der Waals surface area contributed by atoms with Gasteiger partial charge in [0.25, 0.3) is 5.91 Å². The third-order valence-electron chi connectivity index (χ3n) is 9.66. The SMILES string of the molecule is COc1ccc2c(O[C@@H]3CC(C(=O)N[C@]4(C(=O)NC(=O)OCOC5(C)CC5)C[C@H]4C)N(C(=O)[C@@H](NC(=O)OC(C)(C)C)C(C)(C)C)C3)nccc2c1. The van der Waals surface area contributed by atoms with Crippen molar-refractivity contribution in [3.8, 4) is 11.6 Å². The molecule has 15 heteroatoms. The number of nitrogens with one attached hydrogen (secondary N) is 3. The van der Waals surface area contributed by atoms with Crippen LogP contribution in [-0.4, -0.2) is 95.2 Å². The van der Waals surface area contributed by atoms with E-state index in [1.165, 1.54) is 4.90 Å². The first kappa shape index (κ1) is 38.6. The second kappa shape index (κ2) is 14.4. The van der Waals surface area contributed by atoms with Gasteiger partial charge in [-0.25, -0.2) is 14.6 Å². The van der Waals surface area contributed by atoms with E-state index in [4.69, 9.17) is 23.7 Å². The smallest absolute Gasteiger partial charge is 0.416 e. The number of imide groups is 1. The molecule has 2 aromatic rings. The number of carbonyl (C=O) groups is 5. The summed E-state index contributed by atoms with van der Waals surface area (Å²) >= 11 is 0. The summed E-state index contributed by atoms with van der Waals surface area (Å²) in [6.45, 7) is 13.9. The molecule has 1 aromatic heterocycles. The number of pyridine rings is 1. The van der Waals surface area contributed by atoms with Crippen LogP contribution in [0.15, 0.2) is 30.5 Å². The van der Waals surface area contributed by atoms with Gasteiger partial charge >= 0.3 is 12.2 Å². The van der Waals surface area contributed by atoms with Crippen molar-refractivity contribution in [2.75, 3.05) is 20.4 Å². The second-order valence-corrected chi connectivity index (χ2v) is 16.3. The molecule has 284 valence electrons. The molecule has 5 amide bonds. The number of hydrogen-bond donors (Lipinski definition) is 3. The highest BCUT2D eigenvalue weighted by Crippen LogP contribution is 2.44.